The Hall–Kier alpha value is -2.74. The molecule has 0 aliphatic carbocycles. The van der Waals surface area contributed by atoms with Gasteiger partial charge in [-0.2, -0.15) is 0 Å². The maximum absolute atomic E-state index is 12.4. The van der Waals surface area contributed by atoms with Crippen molar-refractivity contribution >= 4 is 23.7 Å². The minimum atomic E-state index is -1.12. The lowest BCUT2D eigenvalue weighted by Gasteiger charge is -2.35. The topological polar surface area (TPSA) is 93.2 Å². The monoisotopic (exact) mass is 374 g/mol. The smallest absolute Gasteiger partial charge is 0.329 e. The number of hydrogen-bond acceptors (Lipinski definition) is 6. The predicted molar refractivity (Wildman–Crippen MR) is 94.0 cm³/mol. The van der Waals surface area contributed by atoms with E-state index >= 15 is 0 Å². The van der Waals surface area contributed by atoms with Crippen LogP contribution in [-0.2, 0) is 19.1 Å². The molecule has 1 saturated heterocycles. The highest BCUT2D eigenvalue weighted by Crippen LogP contribution is 2.24. The molecule has 27 heavy (non-hydrogen) atoms. The molecule has 3 rings (SSSR count). The van der Waals surface area contributed by atoms with Gasteiger partial charge in [-0.1, -0.05) is 12.1 Å². The first-order chi connectivity index (χ1) is 12.8. The number of morpholine rings is 1. The van der Waals surface area contributed by atoms with E-state index in [9.17, 15) is 19.2 Å². The van der Waals surface area contributed by atoms with Gasteiger partial charge in [0.05, 0.1) is 23.3 Å². The van der Waals surface area contributed by atoms with Gasteiger partial charge in [-0.3, -0.25) is 19.3 Å². The van der Waals surface area contributed by atoms with E-state index in [1.165, 1.54) is 19.1 Å². The molecule has 144 valence electrons. The normalized spacial score (nSPS) is 23.2. The quantitative estimate of drug-likeness (QED) is 0.573. The predicted octanol–water partition coefficient (Wildman–Crippen LogP) is 0.850. The second-order valence-corrected chi connectivity index (χ2v) is 6.87. The van der Waals surface area contributed by atoms with Crippen molar-refractivity contribution in [3.8, 4) is 0 Å². The number of nitrogens with zero attached hydrogens (tertiary/aromatic N) is 2. The van der Waals surface area contributed by atoms with Crippen LogP contribution >= 0.6 is 0 Å². The first-order valence-electron chi connectivity index (χ1n) is 8.86. The summed E-state index contributed by atoms with van der Waals surface area (Å²) in [6.45, 7) is 5.56. The molecule has 3 amide bonds. The van der Waals surface area contributed by atoms with Crippen molar-refractivity contribution in [1.29, 1.82) is 0 Å². The van der Waals surface area contributed by atoms with E-state index in [-0.39, 0.29) is 29.2 Å². The average Bonchev–Trinajstić information content (AvgIpc) is 2.89. The summed E-state index contributed by atoms with van der Waals surface area (Å²) in [7, 11) is 0. The molecule has 0 N–H and O–H groups in total. The number of fused-ring (bicyclic) bond motifs is 1. The van der Waals surface area contributed by atoms with Crippen LogP contribution in [0, 0.1) is 0 Å². The van der Waals surface area contributed by atoms with E-state index in [1.54, 1.807) is 17.0 Å². The average molecular weight is 374 g/mol. The lowest BCUT2D eigenvalue weighted by molar-refractivity contribution is -0.159. The van der Waals surface area contributed by atoms with Crippen molar-refractivity contribution in [2.75, 3.05) is 19.7 Å². The molecule has 3 unspecified atom stereocenters. The Bertz CT molecular complexity index is 747. The zero-order valence-electron chi connectivity index (χ0n) is 15.5. The van der Waals surface area contributed by atoms with Crippen molar-refractivity contribution in [2.45, 2.75) is 39.0 Å². The Balaban J connectivity index is 1.59. The minimum absolute atomic E-state index is 0.0920. The summed E-state index contributed by atoms with van der Waals surface area (Å²) in [5.41, 5.74) is 0.518. The van der Waals surface area contributed by atoms with E-state index in [0.29, 0.717) is 13.1 Å². The number of amides is 3. The molecule has 2 heterocycles. The first kappa shape index (κ1) is 19.0. The molecule has 0 radical (unpaired) electrons. The van der Waals surface area contributed by atoms with Gasteiger partial charge in [-0.05, 0) is 32.9 Å². The Labute approximate surface area is 157 Å². The van der Waals surface area contributed by atoms with Crippen LogP contribution in [0.2, 0.25) is 0 Å². The molecular weight excluding hydrogens is 352 g/mol. The van der Waals surface area contributed by atoms with Crippen molar-refractivity contribution < 1.29 is 28.7 Å². The van der Waals surface area contributed by atoms with Crippen molar-refractivity contribution in [3.63, 3.8) is 0 Å². The molecule has 0 saturated carbocycles. The van der Waals surface area contributed by atoms with Gasteiger partial charge in [0.25, 0.3) is 17.7 Å². The number of rotatable bonds is 4. The maximum Gasteiger partial charge on any atom is 0.329 e. The zero-order valence-corrected chi connectivity index (χ0v) is 15.5. The molecule has 0 spiro atoms. The van der Waals surface area contributed by atoms with Gasteiger partial charge in [0.2, 0.25) is 0 Å². The molecule has 0 aromatic heterocycles. The summed E-state index contributed by atoms with van der Waals surface area (Å²) in [6, 6.07) is 5.27. The van der Waals surface area contributed by atoms with Crippen molar-refractivity contribution in [2.24, 2.45) is 0 Å². The second-order valence-electron chi connectivity index (χ2n) is 6.87. The third-order valence-corrected chi connectivity index (χ3v) is 4.66. The molecule has 2 aliphatic rings. The Morgan fingerprint density at radius 1 is 1.11 bits per heavy atom. The second kappa shape index (κ2) is 7.48. The number of carbonyl (C=O) groups is 4. The molecule has 1 fully saturated rings. The summed E-state index contributed by atoms with van der Waals surface area (Å²) in [4.78, 5) is 51.9. The Kier molecular flexibility index (Phi) is 5.27. The summed E-state index contributed by atoms with van der Waals surface area (Å²) in [5.74, 6) is -2.21. The molecule has 8 heteroatoms. The van der Waals surface area contributed by atoms with Crippen molar-refractivity contribution in [3.05, 3.63) is 35.4 Å². The number of carbonyl (C=O) groups excluding carboxylic acids is 4. The highest BCUT2D eigenvalue weighted by Gasteiger charge is 2.41. The van der Waals surface area contributed by atoms with Gasteiger partial charge in [-0.15, -0.1) is 0 Å². The Morgan fingerprint density at radius 2 is 1.63 bits per heavy atom. The van der Waals surface area contributed by atoms with Gasteiger partial charge < -0.3 is 14.4 Å². The van der Waals surface area contributed by atoms with Crippen LogP contribution in [0.25, 0.3) is 0 Å². The standard InChI is InChI=1S/C19H22N2O6/c1-11-8-20(9-12(2)27-11)16(22)10-26-19(25)13(3)21-17(23)14-6-4-5-7-15(14)18(21)24/h4-7,11-13H,8-10H2,1-3H3. The molecule has 1 aromatic rings. The molecule has 2 aliphatic heterocycles. The third-order valence-electron chi connectivity index (χ3n) is 4.66. The lowest BCUT2D eigenvalue weighted by Crippen LogP contribution is -2.50. The lowest BCUT2D eigenvalue weighted by atomic mass is 10.1. The summed E-state index contributed by atoms with van der Waals surface area (Å²) >= 11 is 0. The van der Waals surface area contributed by atoms with Crippen LogP contribution in [0.15, 0.2) is 24.3 Å². The number of hydrogen-bond donors (Lipinski definition) is 0. The molecule has 8 nitrogen and oxygen atoms in total. The van der Waals surface area contributed by atoms with Crippen LogP contribution in [-0.4, -0.2) is 71.4 Å². The van der Waals surface area contributed by atoms with Crippen LogP contribution in [0.1, 0.15) is 41.5 Å². The van der Waals surface area contributed by atoms with E-state index in [4.69, 9.17) is 9.47 Å². The first-order valence-corrected chi connectivity index (χ1v) is 8.86. The fourth-order valence-corrected chi connectivity index (χ4v) is 3.39. The summed E-state index contributed by atoms with van der Waals surface area (Å²) < 4.78 is 10.6. The van der Waals surface area contributed by atoms with E-state index in [2.05, 4.69) is 0 Å². The Morgan fingerprint density at radius 3 is 2.15 bits per heavy atom. The summed E-state index contributed by atoms with van der Waals surface area (Å²) in [5, 5.41) is 0. The summed E-state index contributed by atoms with van der Waals surface area (Å²) in [6.07, 6.45) is -0.184. The van der Waals surface area contributed by atoms with Crippen LogP contribution in [0.3, 0.4) is 0 Å². The molecule has 0 bridgehead atoms. The van der Waals surface area contributed by atoms with Gasteiger partial charge in [0, 0.05) is 13.1 Å². The molecular formula is C19H22N2O6. The zero-order chi connectivity index (χ0) is 19.7. The van der Waals surface area contributed by atoms with Gasteiger partial charge in [-0.25, -0.2) is 4.79 Å². The minimum Gasteiger partial charge on any atom is -0.454 e. The van der Waals surface area contributed by atoms with Crippen LogP contribution < -0.4 is 0 Å². The third kappa shape index (κ3) is 3.71. The van der Waals surface area contributed by atoms with Crippen LogP contribution in [0.5, 0.6) is 0 Å². The van der Waals surface area contributed by atoms with Crippen LogP contribution in [0.4, 0.5) is 0 Å². The molecule has 3 atom stereocenters. The number of esters is 1. The van der Waals surface area contributed by atoms with Gasteiger partial charge >= 0.3 is 5.97 Å². The molecule has 1 aromatic carbocycles. The number of ether oxygens (including phenoxy) is 2. The van der Waals surface area contributed by atoms with Gasteiger partial charge in [0.1, 0.15) is 6.04 Å². The van der Waals surface area contributed by atoms with E-state index < -0.39 is 30.4 Å². The fourth-order valence-electron chi connectivity index (χ4n) is 3.39. The number of imide groups is 1. The van der Waals surface area contributed by atoms with E-state index in [0.717, 1.165) is 4.90 Å². The fraction of sp³-hybridized carbons (Fsp3) is 0.474. The van der Waals surface area contributed by atoms with Crippen molar-refractivity contribution in [1.82, 2.24) is 9.80 Å². The van der Waals surface area contributed by atoms with Gasteiger partial charge in [0.15, 0.2) is 6.61 Å². The SMILES string of the molecule is CC1CN(C(=O)COC(=O)C(C)N2C(=O)c3ccccc3C2=O)CC(C)O1. The highest BCUT2D eigenvalue weighted by atomic mass is 16.5. The highest BCUT2D eigenvalue weighted by molar-refractivity contribution is 6.22. The number of benzene rings is 1. The maximum atomic E-state index is 12.4. The largest absolute Gasteiger partial charge is 0.454 e. The van der Waals surface area contributed by atoms with E-state index in [1.807, 2.05) is 13.8 Å².